The summed E-state index contributed by atoms with van der Waals surface area (Å²) in [5.74, 6) is 1.52. The third kappa shape index (κ3) is 6.31. The second kappa shape index (κ2) is 14.7. The number of allylic oxidation sites excluding steroid dienone is 1. The number of carbonyl (C=O) groups excluding carboxylic acids is 3. The van der Waals surface area contributed by atoms with E-state index in [-0.39, 0.29) is 78.2 Å². The summed E-state index contributed by atoms with van der Waals surface area (Å²) in [5, 5.41) is 14.5. The molecule has 8 rings (SSSR count). The highest BCUT2D eigenvalue weighted by atomic mass is 33.1. The van der Waals surface area contributed by atoms with Gasteiger partial charge in [0, 0.05) is 74.8 Å². The Morgan fingerprint density at radius 2 is 2.04 bits per heavy atom. The van der Waals surface area contributed by atoms with Gasteiger partial charge < -0.3 is 34.9 Å². The Kier molecular flexibility index (Phi) is 10.4. The predicted octanol–water partition coefficient (Wildman–Crippen LogP) is 1.42. The number of nitrogens with two attached hydrogens (primary N) is 3. The molecule has 0 bridgehead atoms. The van der Waals surface area contributed by atoms with Crippen LogP contribution in [-0.2, 0) is 28.6 Å². The van der Waals surface area contributed by atoms with Crippen molar-refractivity contribution in [2.75, 3.05) is 32.5 Å². The van der Waals surface area contributed by atoms with E-state index in [1.807, 2.05) is 28.5 Å². The number of rotatable bonds is 5. The molecule has 52 heavy (non-hydrogen) atoms. The van der Waals surface area contributed by atoms with Gasteiger partial charge in [0.25, 0.3) is 0 Å². The molecule has 14 atom stereocenters. The molecular weight excluding hydrogens is 701 g/mol. The van der Waals surface area contributed by atoms with E-state index in [0.29, 0.717) is 49.1 Å². The quantitative estimate of drug-likeness (QED) is 0.140. The van der Waals surface area contributed by atoms with Gasteiger partial charge >= 0.3 is 11.9 Å². The van der Waals surface area contributed by atoms with Crippen molar-refractivity contribution in [2.24, 2.45) is 41.2 Å². The molecule has 11 nitrogen and oxygen atoms in total. The summed E-state index contributed by atoms with van der Waals surface area (Å²) < 4.78 is 20.2. The predicted molar refractivity (Wildman–Crippen MR) is 198 cm³/mol. The van der Waals surface area contributed by atoms with Crippen molar-refractivity contribution in [3.05, 3.63) is 35.5 Å². The van der Waals surface area contributed by atoms with Gasteiger partial charge in [-0.25, -0.2) is 4.79 Å². The number of quaternary nitrogens is 2. The maximum atomic E-state index is 14.4. The average molecular weight is 759 g/mol. The summed E-state index contributed by atoms with van der Waals surface area (Å²) >= 11 is 0. The summed E-state index contributed by atoms with van der Waals surface area (Å²) in [6.45, 7) is 5.29. The molecule has 0 aromatic carbocycles. The number of nitrogens with zero attached hydrogens (tertiary/aromatic N) is 1. The molecule has 5 saturated heterocycles. The summed E-state index contributed by atoms with van der Waals surface area (Å²) in [7, 11) is 5.90. The molecule has 5 heterocycles. The van der Waals surface area contributed by atoms with Gasteiger partial charge in [0.05, 0.1) is 36.9 Å². The summed E-state index contributed by atoms with van der Waals surface area (Å²) in [5.41, 5.74) is 6.70. The number of aliphatic hydroxyl groups is 1. The number of aliphatic hydroxyl groups excluding tert-OH is 1. The maximum Gasteiger partial charge on any atom is 0.334 e. The number of likely N-dealkylation sites (N-methyl/N-ethyl adjacent to an activating group) is 1. The standard InChI is InChI=1S/C39H56N4O7S2/c1-4-21(10-12-44)37(47)50-38(2)11-9-23-20-51-52-31-7-6-28(41-3)27-19-43(36(27)31)33(45)14-25-18-42-32(40)15-26(25)35(23)39(38)17-24-13-22-5-8-34(46)48-29(22)16-30(24)49-39/h4,6-7,9,22,24-32,35-36,41-42,44H,5,8,10-20,40H2,1-3H3/p+2/t22?,24?,25?,26?,27-,28+,29?,30?,31-,32?,35-,36+,38-,39-/m0/s1. The third-order valence-corrected chi connectivity index (χ3v) is 17.0. The Morgan fingerprint density at radius 3 is 2.83 bits per heavy atom. The van der Waals surface area contributed by atoms with Crippen molar-refractivity contribution >= 4 is 39.4 Å². The SMILES string of the molecule is CC=C(CCO)C(=O)O[C@@]1(C)CC=C2CSS[C@H]3C=C[C@@H]([NH2+]C)[C@@H]4CN(C(=O)CC5C[NH2+]C(N)CC5[C@H]2[C@@]12CC1CC5CCC(=O)OC5CC1O2)[C@H]43. The molecule has 7 N–H and O–H groups in total. The smallest absolute Gasteiger partial charge is 0.334 e. The summed E-state index contributed by atoms with van der Waals surface area (Å²) in [6, 6.07) is 0.617. The fourth-order valence-corrected chi connectivity index (χ4v) is 14.5. The number of fused-ring (bicyclic) bond motifs is 6. The molecule has 1 spiro atoms. The van der Waals surface area contributed by atoms with Crippen molar-refractivity contribution in [1.82, 2.24) is 4.90 Å². The lowest BCUT2D eigenvalue weighted by atomic mass is 9.56. The fourth-order valence-electron chi connectivity index (χ4n) is 11.6. The first-order valence-electron chi connectivity index (χ1n) is 19.8. The first kappa shape index (κ1) is 37.1. The molecule has 13 heteroatoms. The molecule has 1 amide bonds. The first-order valence-corrected chi connectivity index (χ1v) is 22.2. The Bertz CT molecular complexity index is 1520. The van der Waals surface area contributed by atoms with Gasteiger partial charge in [-0.1, -0.05) is 45.4 Å². The molecule has 7 unspecified atom stereocenters. The maximum absolute atomic E-state index is 14.4. The van der Waals surface area contributed by atoms with Crippen molar-refractivity contribution in [2.45, 2.75) is 119 Å². The van der Waals surface area contributed by atoms with Crippen LogP contribution in [0.5, 0.6) is 0 Å². The van der Waals surface area contributed by atoms with Crippen LogP contribution in [0.1, 0.15) is 71.6 Å². The van der Waals surface area contributed by atoms with Gasteiger partial charge in [0.15, 0.2) is 0 Å². The second-order valence-corrected chi connectivity index (χ2v) is 19.5. The molecule has 286 valence electrons. The number of amides is 1. The Labute approximate surface area is 315 Å². The van der Waals surface area contributed by atoms with Crippen LogP contribution in [0.25, 0.3) is 0 Å². The number of esters is 2. The minimum absolute atomic E-state index is 0.0493. The Morgan fingerprint density at radius 1 is 1.19 bits per heavy atom. The van der Waals surface area contributed by atoms with Crippen molar-refractivity contribution < 1.29 is 44.3 Å². The third-order valence-electron chi connectivity index (χ3n) is 14.3. The topological polar surface area (TPSA) is 162 Å². The van der Waals surface area contributed by atoms with Crippen molar-refractivity contribution in [3.63, 3.8) is 0 Å². The Hall–Kier alpha value is -1.87. The van der Waals surface area contributed by atoms with Gasteiger partial charge in [0.1, 0.15) is 29.5 Å². The van der Waals surface area contributed by atoms with Crippen molar-refractivity contribution in [1.29, 1.82) is 0 Å². The lowest BCUT2D eigenvalue weighted by molar-refractivity contribution is -0.706. The van der Waals surface area contributed by atoms with Gasteiger partial charge in [-0.15, -0.1) is 0 Å². The van der Waals surface area contributed by atoms with Gasteiger partial charge in [-0.05, 0) is 56.9 Å². The van der Waals surface area contributed by atoms with Crippen molar-refractivity contribution in [3.8, 4) is 0 Å². The Balaban J connectivity index is 1.20. The molecule has 0 radical (unpaired) electrons. The molecule has 6 fully saturated rings. The first-order chi connectivity index (χ1) is 25.1. The van der Waals surface area contributed by atoms with E-state index >= 15 is 0 Å². The van der Waals surface area contributed by atoms with E-state index in [1.54, 1.807) is 6.08 Å². The number of hydrogen-bond donors (Lipinski definition) is 4. The van der Waals surface area contributed by atoms with E-state index in [0.717, 1.165) is 44.5 Å². The zero-order valence-corrected chi connectivity index (χ0v) is 32.5. The van der Waals surface area contributed by atoms with E-state index in [9.17, 15) is 19.5 Å². The van der Waals surface area contributed by atoms with E-state index in [4.69, 9.17) is 19.9 Å². The van der Waals surface area contributed by atoms with Crippen LogP contribution in [0.15, 0.2) is 35.5 Å². The number of piperidine rings is 1. The summed E-state index contributed by atoms with van der Waals surface area (Å²) in [6.07, 6.45) is 13.9. The largest absolute Gasteiger partial charge is 0.462 e. The highest BCUT2D eigenvalue weighted by Gasteiger charge is 2.68. The second-order valence-electron chi connectivity index (χ2n) is 17.0. The molecule has 8 aliphatic rings. The van der Waals surface area contributed by atoms with Crippen LogP contribution in [0.2, 0.25) is 0 Å². The molecule has 0 aromatic rings. The van der Waals surface area contributed by atoms with Gasteiger partial charge in [-0.2, -0.15) is 0 Å². The lowest BCUT2D eigenvalue weighted by Crippen LogP contribution is -2.96. The molecule has 3 aliphatic carbocycles. The van der Waals surface area contributed by atoms with E-state index in [2.05, 4.69) is 47.7 Å². The molecule has 5 aliphatic heterocycles. The molecular formula is C39H58N4O7S2+2. The monoisotopic (exact) mass is 758 g/mol. The van der Waals surface area contributed by atoms with Gasteiger partial charge in [-0.3, -0.25) is 15.3 Å². The number of hydrogen-bond acceptors (Lipinski definition) is 10. The zero-order chi connectivity index (χ0) is 36.4. The number of ether oxygens (including phenoxy) is 3. The average Bonchev–Trinajstić information content (AvgIpc) is 3.47. The number of carbonyl (C=O) groups is 3. The van der Waals surface area contributed by atoms with Crippen LogP contribution in [0.3, 0.4) is 0 Å². The van der Waals surface area contributed by atoms with E-state index in [1.165, 1.54) is 5.57 Å². The van der Waals surface area contributed by atoms with Crippen LogP contribution in [0.4, 0.5) is 0 Å². The van der Waals surface area contributed by atoms with Gasteiger partial charge in [0.2, 0.25) is 5.91 Å². The van der Waals surface area contributed by atoms with E-state index < -0.39 is 17.2 Å². The highest BCUT2D eigenvalue weighted by molar-refractivity contribution is 8.77. The minimum atomic E-state index is -1.01. The zero-order valence-electron chi connectivity index (χ0n) is 30.8. The van der Waals surface area contributed by atoms with Crippen LogP contribution in [-0.4, -0.2) is 107 Å². The molecule has 0 aromatic heterocycles. The molecule has 1 saturated carbocycles. The minimum Gasteiger partial charge on any atom is -0.462 e. The lowest BCUT2D eigenvalue weighted by Gasteiger charge is -2.57. The summed E-state index contributed by atoms with van der Waals surface area (Å²) in [4.78, 5) is 42.9. The van der Waals surface area contributed by atoms with Crippen LogP contribution >= 0.6 is 21.6 Å². The highest BCUT2D eigenvalue weighted by Crippen LogP contribution is 2.62. The van der Waals surface area contributed by atoms with Crippen LogP contribution in [0, 0.1) is 35.5 Å². The normalized spacial score (nSPS) is 45.8. The fraction of sp³-hybridized carbons (Fsp3) is 0.769. The van der Waals surface area contributed by atoms with Crippen LogP contribution < -0.4 is 16.4 Å².